The number of anilines is 2. The summed E-state index contributed by atoms with van der Waals surface area (Å²) in [4.78, 5) is 22.2. The smallest absolute Gasteiger partial charge is 0.271 e. The molecule has 0 radical (unpaired) electrons. The highest BCUT2D eigenvalue weighted by Crippen LogP contribution is 2.29. The fraction of sp³-hybridized carbons (Fsp3) is 0. The topological polar surface area (TPSA) is 98.3 Å². The first-order valence-electron chi connectivity index (χ1n) is 5.69. The van der Waals surface area contributed by atoms with Crippen LogP contribution in [0.5, 0.6) is 0 Å². The van der Waals surface area contributed by atoms with E-state index in [1.807, 2.05) is 0 Å². The maximum absolute atomic E-state index is 12.8. The van der Waals surface area contributed by atoms with E-state index in [-0.39, 0.29) is 22.0 Å². The highest BCUT2D eigenvalue weighted by molar-refractivity contribution is 6.34. The third-order valence-corrected chi connectivity index (χ3v) is 2.98. The maximum atomic E-state index is 12.8. The molecule has 0 fully saturated rings. The molecule has 0 aromatic heterocycles. The van der Waals surface area contributed by atoms with Gasteiger partial charge >= 0.3 is 0 Å². The van der Waals surface area contributed by atoms with Crippen LogP contribution in [-0.4, -0.2) is 10.8 Å². The molecule has 0 saturated heterocycles. The first-order valence-corrected chi connectivity index (χ1v) is 6.06. The number of nitrogens with two attached hydrogens (primary N) is 1. The third-order valence-electron chi connectivity index (χ3n) is 2.67. The lowest BCUT2D eigenvalue weighted by Gasteiger charge is -2.08. The van der Waals surface area contributed by atoms with Gasteiger partial charge in [-0.05, 0) is 24.3 Å². The number of hydrogen-bond acceptors (Lipinski definition) is 4. The quantitative estimate of drug-likeness (QED) is 0.516. The Balaban J connectivity index is 2.34. The molecular formula is C13H9ClFN3O3. The SMILES string of the molecule is Nc1c(Cl)cc([N+](=O)[O-])cc1C(=O)Nc1ccc(F)cc1. The normalized spacial score (nSPS) is 10.2. The van der Waals surface area contributed by atoms with E-state index in [1.54, 1.807) is 0 Å². The zero-order valence-corrected chi connectivity index (χ0v) is 11.2. The van der Waals surface area contributed by atoms with Crippen molar-refractivity contribution in [1.29, 1.82) is 0 Å². The van der Waals surface area contributed by atoms with Gasteiger partial charge in [0.15, 0.2) is 0 Å². The average molecular weight is 310 g/mol. The molecule has 8 heteroatoms. The number of halogens is 2. The van der Waals surface area contributed by atoms with Crippen molar-refractivity contribution in [3.8, 4) is 0 Å². The minimum atomic E-state index is -0.681. The monoisotopic (exact) mass is 309 g/mol. The minimum Gasteiger partial charge on any atom is -0.397 e. The summed E-state index contributed by atoms with van der Waals surface area (Å²) >= 11 is 5.77. The molecule has 21 heavy (non-hydrogen) atoms. The van der Waals surface area contributed by atoms with E-state index >= 15 is 0 Å². The highest BCUT2D eigenvalue weighted by atomic mass is 35.5. The van der Waals surface area contributed by atoms with E-state index < -0.39 is 16.6 Å². The molecule has 0 aliphatic rings. The Morgan fingerprint density at radius 2 is 1.90 bits per heavy atom. The number of nitrogens with one attached hydrogen (secondary N) is 1. The molecule has 0 spiro atoms. The summed E-state index contributed by atoms with van der Waals surface area (Å²) in [6, 6.07) is 7.12. The van der Waals surface area contributed by atoms with E-state index in [2.05, 4.69) is 5.32 Å². The molecule has 108 valence electrons. The van der Waals surface area contributed by atoms with Crippen molar-refractivity contribution >= 4 is 34.6 Å². The summed E-state index contributed by atoms with van der Waals surface area (Å²) < 4.78 is 12.8. The van der Waals surface area contributed by atoms with E-state index in [0.29, 0.717) is 5.69 Å². The first kappa shape index (κ1) is 14.7. The van der Waals surface area contributed by atoms with Crippen LogP contribution >= 0.6 is 11.6 Å². The van der Waals surface area contributed by atoms with Gasteiger partial charge in [0, 0.05) is 17.8 Å². The molecule has 0 aliphatic carbocycles. The van der Waals surface area contributed by atoms with Crippen molar-refractivity contribution < 1.29 is 14.1 Å². The van der Waals surface area contributed by atoms with Crippen molar-refractivity contribution in [3.63, 3.8) is 0 Å². The molecule has 2 aromatic carbocycles. The summed E-state index contributed by atoms with van der Waals surface area (Å²) in [5, 5.41) is 13.1. The number of benzene rings is 2. The highest BCUT2D eigenvalue weighted by Gasteiger charge is 2.19. The van der Waals surface area contributed by atoms with Gasteiger partial charge in [-0.2, -0.15) is 0 Å². The number of nitro benzene ring substituents is 1. The molecule has 0 aliphatic heterocycles. The fourth-order valence-electron chi connectivity index (χ4n) is 1.63. The zero-order valence-electron chi connectivity index (χ0n) is 10.5. The van der Waals surface area contributed by atoms with Crippen molar-refractivity contribution in [1.82, 2.24) is 0 Å². The Bertz CT molecular complexity index is 719. The van der Waals surface area contributed by atoms with E-state index in [0.717, 1.165) is 12.1 Å². The molecule has 3 N–H and O–H groups in total. The van der Waals surface area contributed by atoms with E-state index in [9.17, 15) is 19.3 Å². The van der Waals surface area contributed by atoms with Crippen molar-refractivity contribution in [2.75, 3.05) is 11.1 Å². The van der Waals surface area contributed by atoms with Gasteiger partial charge in [-0.1, -0.05) is 11.6 Å². The largest absolute Gasteiger partial charge is 0.397 e. The fourth-order valence-corrected chi connectivity index (χ4v) is 1.84. The number of amides is 1. The van der Waals surface area contributed by atoms with Crippen molar-refractivity contribution in [2.24, 2.45) is 0 Å². The van der Waals surface area contributed by atoms with Gasteiger partial charge in [0.25, 0.3) is 11.6 Å². The van der Waals surface area contributed by atoms with Crippen LogP contribution in [0.1, 0.15) is 10.4 Å². The van der Waals surface area contributed by atoms with Crippen LogP contribution in [0, 0.1) is 15.9 Å². The number of carbonyl (C=O) groups excluding carboxylic acids is 1. The molecule has 6 nitrogen and oxygen atoms in total. The van der Waals surface area contributed by atoms with Gasteiger partial charge in [0.05, 0.1) is 21.2 Å². The Morgan fingerprint density at radius 3 is 2.48 bits per heavy atom. The summed E-state index contributed by atoms with van der Waals surface area (Å²) in [5.74, 6) is -1.13. The van der Waals surface area contributed by atoms with Crippen LogP contribution in [0.4, 0.5) is 21.5 Å². The van der Waals surface area contributed by atoms with Crippen LogP contribution in [0.2, 0.25) is 5.02 Å². The molecular weight excluding hydrogens is 301 g/mol. The van der Waals surface area contributed by atoms with Crippen LogP contribution in [0.25, 0.3) is 0 Å². The number of carbonyl (C=O) groups is 1. The van der Waals surface area contributed by atoms with Gasteiger partial charge in [0.1, 0.15) is 5.82 Å². The number of nitrogen functional groups attached to an aromatic ring is 1. The number of non-ortho nitro benzene ring substituents is 1. The summed E-state index contributed by atoms with van der Waals surface area (Å²) in [5.41, 5.74) is 5.43. The predicted molar refractivity (Wildman–Crippen MR) is 76.9 cm³/mol. The number of rotatable bonds is 3. The van der Waals surface area contributed by atoms with E-state index in [1.165, 1.54) is 24.3 Å². The van der Waals surface area contributed by atoms with Crippen LogP contribution in [0.15, 0.2) is 36.4 Å². The molecule has 2 rings (SSSR count). The Labute approximate surface area is 123 Å². The lowest BCUT2D eigenvalue weighted by atomic mass is 10.1. The zero-order chi connectivity index (χ0) is 15.6. The van der Waals surface area contributed by atoms with Crippen LogP contribution in [-0.2, 0) is 0 Å². The third kappa shape index (κ3) is 3.26. The lowest BCUT2D eigenvalue weighted by molar-refractivity contribution is -0.384. The predicted octanol–water partition coefficient (Wildman–Crippen LogP) is 3.22. The van der Waals surface area contributed by atoms with Gasteiger partial charge in [0.2, 0.25) is 0 Å². The Kier molecular flexibility index (Phi) is 4.04. The molecule has 0 saturated carbocycles. The maximum Gasteiger partial charge on any atom is 0.271 e. The first-order chi connectivity index (χ1) is 9.88. The van der Waals surface area contributed by atoms with Gasteiger partial charge in [-0.15, -0.1) is 0 Å². The Morgan fingerprint density at radius 1 is 1.29 bits per heavy atom. The molecule has 0 unspecified atom stereocenters. The number of hydrogen-bond donors (Lipinski definition) is 2. The summed E-state index contributed by atoms with van der Waals surface area (Å²) in [6.07, 6.45) is 0. The number of nitro groups is 1. The lowest BCUT2D eigenvalue weighted by Crippen LogP contribution is -2.14. The van der Waals surface area contributed by atoms with Gasteiger partial charge < -0.3 is 11.1 Å². The molecule has 0 bridgehead atoms. The van der Waals surface area contributed by atoms with Crippen molar-refractivity contribution in [2.45, 2.75) is 0 Å². The minimum absolute atomic E-state index is 0.0677. The Hall–Kier alpha value is -2.67. The van der Waals surface area contributed by atoms with E-state index in [4.69, 9.17) is 17.3 Å². The van der Waals surface area contributed by atoms with Crippen LogP contribution < -0.4 is 11.1 Å². The summed E-state index contributed by atoms with van der Waals surface area (Å²) in [7, 11) is 0. The molecule has 0 heterocycles. The van der Waals surface area contributed by atoms with Gasteiger partial charge in [-0.3, -0.25) is 14.9 Å². The second kappa shape index (κ2) is 5.76. The van der Waals surface area contributed by atoms with Gasteiger partial charge in [-0.25, -0.2) is 4.39 Å². The second-order valence-corrected chi connectivity index (χ2v) is 4.51. The summed E-state index contributed by atoms with van der Waals surface area (Å²) in [6.45, 7) is 0. The van der Waals surface area contributed by atoms with Crippen LogP contribution in [0.3, 0.4) is 0 Å². The second-order valence-electron chi connectivity index (χ2n) is 4.11. The average Bonchev–Trinajstić information content (AvgIpc) is 2.43. The van der Waals surface area contributed by atoms with Crippen molar-refractivity contribution in [3.05, 3.63) is 62.9 Å². The molecule has 1 amide bonds. The molecule has 2 aromatic rings. The molecule has 0 atom stereocenters. The number of nitrogens with zero attached hydrogens (tertiary/aromatic N) is 1. The standard InChI is InChI=1S/C13H9ClFN3O3/c14-11-6-9(18(20)21)5-10(12(11)16)13(19)17-8-3-1-7(15)2-4-8/h1-6H,16H2,(H,17,19).